The lowest BCUT2D eigenvalue weighted by Crippen LogP contribution is -2.42. The van der Waals surface area contributed by atoms with E-state index in [4.69, 9.17) is 0 Å². The van der Waals surface area contributed by atoms with E-state index in [1.165, 1.54) is 11.3 Å². The van der Waals surface area contributed by atoms with Crippen molar-refractivity contribution in [3.63, 3.8) is 0 Å². The SMILES string of the molecule is CC(C)(C)[S+]([O-])N[C@H](C[N+](=O)[O-])c1cccs1. The number of thiophene rings is 1. The largest absolute Gasteiger partial charge is 0.598 e. The van der Waals surface area contributed by atoms with Crippen LogP contribution in [0, 0.1) is 10.1 Å². The Morgan fingerprint density at radius 3 is 2.65 bits per heavy atom. The second kappa shape index (κ2) is 5.81. The predicted molar refractivity (Wildman–Crippen MR) is 70.0 cm³/mol. The molecule has 5 nitrogen and oxygen atoms in total. The maximum absolute atomic E-state index is 11.9. The van der Waals surface area contributed by atoms with Gasteiger partial charge in [0.1, 0.15) is 4.75 Å². The minimum Gasteiger partial charge on any atom is -0.598 e. The Labute approximate surface area is 108 Å². The Balaban J connectivity index is 2.75. The van der Waals surface area contributed by atoms with Gasteiger partial charge in [-0.05, 0) is 32.2 Å². The molecular formula is C10H16N2O3S2. The van der Waals surface area contributed by atoms with Crippen LogP contribution in [0.5, 0.6) is 0 Å². The number of nitrogens with zero attached hydrogens (tertiary/aromatic N) is 1. The molecule has 0 amide bonds. The molecule has 7 heteroatoms. The first kappa shape index (κ1) is 14.4. The maximum atomic E-state index is 11.9. The molecule has 1 heterocycles. The van der Waals surface area contributed by atoms with Gasteiger partial charge in [-0.3, -0.25) is 10.1 Å². The van der Waals surface area contributed by atoms with Crippen molar-refractivity contribution in [3.8, 4) is 0 Å². The zero-order chi connectivity index (χ0) is 13.1. The molecule has 0 saturated heterocycles. The number of nitro groups is 1. The molecular weight excluding hydrogens is 260 g/mol. The quantitative estimate of drug-likeness (QED) is 0.507. The lowest BCUT2D eigenvalue weighted by molar-refractivity contribution is -0.483. The van der Waals surface area contributed by atoms with Gasteiger partial charge in [0, 0.05) is 21.2 Å². The summed E-state index contributed by atoms with van der Waals surface area (Å²) in [5.74, 6) is 0. The summed E-state index contributed by atoms with van der Waals surface area (Å²) in [6, 6.07) is 3.14. The summed E-state index contributed by atoms with van der Waals surface area (Å²) in [6.07, 6.45) is 0. The fraction of sp³-hybridized carbons (Fsp3) is 0.600. The van der Waals surface area contributed by atoms with Gasteiger partial charge in [0.05, 0.1) is 0 Å². The van der Waals surface area contributed by atoms with Gasteiger partial charge in [-0.1, -0.05) is 6.07 Å². The van der Waals surface area contributed by atoms with Crippen LogP contribution in [0.3, 0.4) is 0 Å². The molecule has 1 aromatic heterocycles. The summed E-state index contributed by atoms with van der Waals surface area (Å²) in [5, 5.41) is 12.5. The Morgan fingerprint density at radius 2 is 2.24 bits per heavy atom. The number of nitrogens with one attached hydrogen (secondary N) is 1. The summed E-state index contributed by atoms with van der Waals surface area (Å²) in [7, 11) is 0. The van der Waals surface area contributed by atoms with Gasteiger partial charge >= 0.3 is 0 Å². The number of hydrogen-bond acceptors (Lipinski definition) is 5. The molecule has 0 spiro atoms. The van der Waals surface area contributed by atoms with Gasteiger partial charge < -0.3 is 4.55 Å². The first-order chi connectivity index (χ1) is 7.80. The van der Waals surface area contributed by atoms with Gasteiger partial charge in [0.25, 0.3) is 0 Å². The van der Waals surface area contributed by atoms with Crippen LogP contribution in [0.25, 0.3) is 0 Å². The summed E-state index contributed by atoms with van der Waals surface area (Å²) < 4.78 is 14.3. The van der Waals surface area contributed by atoms with Crippen LogP contribution >= 0.6 is 11.3 Å². The third kappa shape index (κ3) is 4.63. The first-order valence-electron chi connectivity index (χ1n) is 5.14. The average Bonchev–Trinajstić information content (AvgIpc) is 2.66. The minimum absolute atomic E-state index is 0.262. The van der Waals surface area contributed by atoms with Crippen molar-refractivity contribution in [2.75, 3.05) is 6.54 Å². The van der Waals surface area contributed by atoms with Crippen LogP contribution in [0.4, 0.5) is 0 Å². The van der Waals surface area contributed by atoms with Crippen LogP contribution < -0.4 is 4.72 Å². The molecule has 0 aliphatic heterocycles. The highest BCUT2D eigenvalue weighted by Crippen LogP contribution is 2.23. The summed E-state index contributed by atoms with van der Waals surface area (Å²) in [4.78, 5) is 11.0. The molecule has 96 valence electrons. The fourth-order valence-corrected chi connectivity index (χ4v) is 2.79. The highest BCUT2D eigenvalue weighted by atomic mass is 32.2. The van der Waals surface area contributed by atoms with Crippen molar-refractivity contribution in [1.82, 2.24) is 4.72 Å². The van der Waals surface area contributed by atoms with Gasteiger partial charge in [0.15, 0.2) is 6.04 Å². The molecule has 1 unspecified atom stereocenters. The monoisotopic (exact) mass is 276 g/mol. The molecule has 0 fully saturated rings. The summed E-state index contributed by atoms with van der Waals surface area (Å²) in [5.41, 5.74) is 0. The molecule has 0 aliphatic carbocycles. The van der Waals surface area contributed by atoms with Crippen molar-refractivity contribution >= 4 is 22.7 Å². The van der Waals surface area contributed by atoms with E-state index in [2.05, 4.69) is 4.72 Å². The molecule has 2 atom stereocenters. The van der Waals surface area contributed by atoms with Crippen molar-refractivity contribution in [1.29, 1.82) is 0 Å². The Morgan fingerprint density at radius 1 is 1.59 bits per heavy atom. The zero-order valence-corrected chi connectivity index (χ0v) is 11.6. The topological polar surface area (TPSA) is 78.2 Å². The standard InChI is InChI=1S/C10H16N2O3S2/c1-10(2,3)17(15)11-8(7-12(13)14)9-5-4-6-16-9/h4-6,8,11H,7H2,1-3H3/t8-,17?/m1/s1. The van der Waals surface area contributed by atoms with Crippen LogP contribution in [-0.2, 0) is 11.4 Å². The highest BCUT2D eigenvalue weighted by molar-refractivity contribution is 7.90. The number of hydrogen-bond donors (Lipinski definition) is 1. The Hall–Kier alpha value is -0.630. The van der Waals surface area contributed by atoms with Crippen LogP contribution in [-0.4, -0.2) is 20.8 Å². The lowest BCUT2D eigenvalue weighted by Gasteiger charge is -2.26. The van der Waals surface area contributed by atoms with Crippen LogP contribution in [0.1, 0.15) is 31.7 Å². The molecule has 0 aliphatic rings. The van der Waals surface area contributed by atoms with Gasteiger partial charge in [0.2, 0.25) is 6.54 Å². The summed E-state index contributed by atoms with van der Waals surface area (Å²) >= 11 is 0.108. The van der Waals surface area contributed by atoms with Crippen molar-refractivity contribution in [2.45, 2.75) is 31.6 Å². The van der Waals surface area contributed by atoms with Crippen molar-refractivity contribution < 1.29 is 9.48 Å². The fourth-order valence-electron chi connectivity index (χ4n) is 1.13. The molecule has 1 N–H and O–H groups in total. The van der Waals surface area contributed by atoms with Gasteiger partial charge in [-0.25, -0.2) is 0 Å². The summed E-state index contributed by atoms with van der Waals surface area (Å²) in [6.45, 7) is 5.22. The average molecular weight is 276 g/mol. The second-order valence-corrected chi connectivity index (χ2v) is 7.56. The third-order valence-corrected chi connectivity index (χ3v) is 4.62. The van der Waals surface area contributed by atoms with E-state index in [0.29, 0.717) is 0 Å². The molecule has 17 heavy (non-hydrogen) atoms. The number of rotatable bonds is 5. The molecule has 0 bridgehead atoms. The molecule has 0 radical (unpaired) electrons. The predicted octanol–water partition coefficient (Wildman–Crippen LogP) is 2.12. The van der Waals surface area contributed by atoms with E-state index >= 15 is 0 Å². The minimum atomic E-state index is -1.32. The van der Waals surface area contributed by atoms with E-state index in [9.17, 15) is 14.7 Å². The van der Waals surface area contributed by atoms with Gasteiger partial charge in [-0.15, -0.1) is 16.1 Å². The Bertz CT molecular complexity index is 362. The van der Waals surface area contributed by atoms with Crippen LogP contribution in [0.2, 0.25) is 0 Å². The van der Waals surface area contributed by atoms with E-state index in [1.54, 1.807) is 0 Å². The second-order valence-electron chi connectivity index (χ2n) is 4.58. The normalized spacial score (nSPS) is 15.5. The molecule has 0 aromatic carbocycles. The van der Waals surface area contributed by atoms with Gasteiger partial charge in [-0.2, -0.15) is 0 Å². The lowest BCUT2D eigenvalue weighted by atomic mass is 10.2. The zero-order valence-electron chi connectivity index (χ0n) is 10.0. The van der Waals surface area contributed by atoms with Crippen LogP contribution in [0.15, 0.2) is 17.5 Å². The third-order valence-electron chi connectivity index (χ3n) is 2.02. The smallest absolute Gasteiger partial charge is 0.228 e. The van der Waals surface area contributed by atoms with Crippen molar-refractivity contribution in [3.05, 3.63) is 32.5 Å². The molecule has 1 rings (SSSR count). The maximum Gasteiger partial charge on any atom is 0.228 e. The van der Waals surface area contributed by atoms with E-state index < -0.39 is 27.1 Å². The van der Waals surface area contributed by atoms with E-state index in [1.807, 2.05) is 38.3 Å². The Kier molecular flexibility index (Phi) is 4.93. The molecule has 0 saturated carbocycles. The molecule has 1 aromatic rings. The first-order valence-corrected chi connectivity index (χ1v) is 7.17. The van der Waals surface area contributed by atoms with E-state index in [0.717, 1.165) is 4.88 Å². The van der Waals surface area contributed by atoms with E-state index in [-0.39, 0.29) is 6.54 Å². The van der Waals surface area contributed by atoms with Crippen molar-refractivity contribution in [2.24, 2.45) is 0 Å². The highest BCUT2D eigenvalue weighted by Gasteiger charge is 2.32.